The largest absolute Gasteiger partial charge is 0.573 e. The van der Waals surface area contributed by atoms with Crippen LogP contribution >= 0.6 is 0 Å². The van der Waals surface area contributed by atoms with E-state index in [0.29, 0.717) is 17.1 Å². The normalized spacial score (nSPS) is 14.9. The number of ether oxygens (including phenoxy) is 3. The number of hydrogen-bond donors (Lipinski definition) is 1. The second-order valence-electron chi connectivity index (χ2n) is 5.47. The summed E-state index contributed by atoms with van der Waals surface area (Å²) in [6, 6.07) is 8.38. The molecule has 1 atom stereocenters. The van der Waals surface area contributed by atoms with Gasteiger partial charge in [0.2, 0.25) is 16.8 Å². The van der Waals surface area contributed by atoms with Gasteiger partial charge in [-0.2, -0.15) is 0 Å². The van der Waals surface area contributed by atoms with Gasteiger partial charge >= 0.3 is 6.36 Å². The minimum Gasteiger partial charge on any atom is -0.454 e. The van der Waals surface area contributed by atoms with Gasteiger partial charge in [-0.1, -0.05) is 6.07 Å². The fourth-order valence-corrected chi connectivity index (χ4v) is 3.60. The Labute approximate surface area is 147 Å². The summed E-state index contributed by atoms with van der Waals surface area (Å²) >= 11 is 0. The van der Waals surface area contributed by atoms with Gasteiger partial charge < -0.3 is 14.2 Å². The van der Waals surface area contributed by atoms with E-state index < -0.39 is 28.2 Å². The molecule has 1 aliphatic heterocycles. The molecule has 1 aliphatic rings. The van der Waals surface area contributed by atoms with E-state index in [4.69, 9.17) is 9.47 Å². The van der Waals surface area contributed by atoms with E-state index in [1.165, 1.54) is 0 Å². The van der Waals surface area contributed by atoms with E-state index >= 15 is 0 Å². The maximum absolute atomic E-state index is 12.4. The van der Waals surface area contributed by atoms with Gasteiger partial charge in [-0.15, -0.1) is 13.2 Å². The van der Waals surface area contributed by atoms with Crippen molar-refractivity contribution >= 4 is 10.0 Å². The van der Waals surface area contributed by atoms with Crippen LogP contribution in [0.2, 0.25) is 0 Å². The van der Waals surface area contributed by atoms with Crippen LogP contribution in [0.1, 0.15) is 18.5 Å². The van der Waals surface area contributed by atoms with Gasteiger partial charge in [0, 0.05) is 6.04 Å². The van der Waals surface area contributed by atoms with Crippen LogP contribution in [0, 0.1) is 0 Å². The summed E-state index contributed by atoms with van der Waals surface area (Å²) in [4.78, 5) is -0.181. The first-order chi connectivity index (χ1) is 12.1. The van der Waals surface area contributed by atoms with Crippen LogP contribution in [0.5, 0.6) is 17.2 Å². The van der Waals surface area contributed by atoms with Crippen molar-refractivity contribution in [2.75, 3.05) is 6.79 Å². The molecule has 26 heavy (non-hydrogen) atoms. The van der Waals surface area contributed by atoms with E-state index in [1.807, 2.05) is 0 Å². The van der Waals surface area contributed by atoms with Gasteiger partial charge in [0.05, 0.1) is 4.90 Å². The Morgan fingerprint density at radius 3 is 2.38 bits per heavy atom. The first-order valence-electron chi connectivity index (χ1n) is 7.42. The Bertz CT molecular complexity index is 897. The molecule has 0 aliphatic carbocycles. The highest BCUT2D eigenvalue weighted by Crippen LogP contribution is 2.34. The maximum Gasteiger partial charge on any atom is 0.573 e. The fraction of sp³-hybridized carbons (Fsp3) is 0.250. The number of fused-ring (bicyclic) bond motifs is 1. The van der Waals surface area contributed by atoms with Gasteiger partial charge in [-0.3, -0.25) is 0 Å². The highest BCUT2D eigenvalue weighted by atomic mass is 32.2. The molecule has 0 saturated heterocycles. The summed E-state index contributed by atoms with van der Waals surface area (Å²) in [5, 5.41) is 0. The Morgan fingerprint density at radius 2 is 1.73 bits per heavy atom. The molecule has 140 valence electrons. The number of sulfonamides is 1. The average molecular weight is 389 g/mol. The number of alkyl halides is 3. The van der Waals surface area contributed by atoms with Crippen LogP contribution in [0.15, 0.2) is 47.4 Å². The molecule has 10 heteroatoms. The lowest BCUT2D eigenvalue weighted by molar-refractivity contribution is -0.274. The topological polar surface area (TPSA) is 73.9 Å². The Balaban J connectivity index is 1.74. The second-order valence-corrected chi connectivity index (χ2v) is 7.19. The van der Waals surface area contributed by atoms with Gasteiger partial charge in [-0.25, -0.2) is 13.1 Å². The summed E-state index contributed by atoms with van der Waals surface area (Å²) in [7, 11) is -3.94. The van der Waals surface area contributed by atoms with Gasteiger partial charge in [0.25, 0.3) is 0 Å². The number of halogens is 3. The van der Waals surface area contributed by atoms with Crippen molar-refractivity contribution in [1.29, 1.82) is 0 Å². The highest BCUT2D eigenvalue weighted by molar-refractivity contribution is 7.89. The average Bonchev–Trinajstić information content (AvgIpc) is 3.01. The molecular weight excluding hydrogens is 375 g/mol. The predicted molar refractivity (Wildman–Crippen MR) is 84.4 cm³/mol. The summed E-state index contributed by atoms with van der Waals surface area (Å²) < 4.78 is 77.9. The Hall–Kier alpha value is -2.46. The Kier molecular flexibility index (Phi) is 4.72. The van der Waals surface area contributed by atoms with E-state index in [1.54, 1.807) is 25.1 Å². The lowest BCUT2D eigenvalue weighted by atomic mass is 10.1. The molecular formula is C16H14F3NO5S. The SMILES string of the molecule is CC(NS(=O)(=O)c1ccc(OC(F)(F)F)cc1)c1ccc2c(c1)OCO2. The van der Waals surface area contributed by atoms with Crippen molar-refractivity contribution in [1.82, 2.24) is 4.72 Å². The van der Waals surface area contributed by atoms with E-state index in [0.717, 1.165) is 24.3 Å². The van der Waals surface area contributed by atoms with Gasteiger partial charge in [0.1, 0.15) is 5.75 Å². The van der Waals surface area contributed by atoms with E-state index in [2.05, 4.69) is 9.46 Å². The lowest BCUT2D eigenvalue weighted by Crippen LogP contribution is -2.27. The number of nitrogens with one attached hydrogen (secondary N) is 1. The molecule has 0 amide bonds. The summed E-state index contributed by atoms with van der Waals surface area (Å²) in [6.45, 7) is 1.74. The summed E-state index contributed by atoms with van der Waals surface area (Å²) in [5.41, 5.74) is 0.648. The molecule has 0 aromatic heterocycles. The lowest BCUT2D eigenvalue weighted by Gasteiger charge is -2.15. The first-order valence-corrected chi connectivity index (χ1v) is 8.90. The monoisotopic (exact) mass is 389 g/mol. The summed E-state index contributed by atoms with van der Waals surface area (Å²) in [5.74, 6) is 0.589. The molecule has 3 rings (SSSR count). The minimum absolute atomic E-state index is 0.102. The third kappa shape index (κ3) is 4.20. The van der Waals surface area contributed by atoms with Crippen molar-refractivity contribution in [3.8, 4) is 17.2 Å². The van der Waals surface area contributed by atoms with Crippen LogP contribution in [0.25, 0.3) is 0 Å². The van der Waals surface area contributed by atoms with Crippen LogP contribution in [0.4, 0.5) is 13.2 Å². The van der Waals surface area contributed by atoms with Crippen LogP contribution in [0.3, 0.4) is 0 Å². The third-order valence-corrected chi connectivity index (χ3v) is 5.15. The molecule has 2 aromatic rings. The molecule has 2 aromatic carbocycles. The maximum atomic E-state index is 12.4. The highest BCUT2D eigenvalue weighted by Gasteiger charge is 2.31. The standard InChI is InChI=1S/C16H14F3NO5S/c1-10(11-2-7-14-15(8-11)24-9-23-14)20-26(21,22)13-5-3-12(4-6-13)25-16(17,18)19/h2-8,10,20H,9H2,1H3. The van der Waals surface area contributed by atoms with Crippen molar-refractivity contribution in [2.45, 2.75) is 24.2 Å². The van der Waals surface area contributed by atoms with Gasteiger partial charge in [-0.05, 0) is 48.9 Å². The summed E-state index contributed by atoms with van der Waals surface area (Å²) in [6.07, 6.45) is -4.84. The van der Waals surface area contributed by atoms with Crippen LogP contribution < -0.4 is 18.9 Å². The molecule has 0 fully saturated rings. The van der Waals surface area contributed by atoms with E-state index in [-0.39, 0.29) is 11.7 Å². The zero-order valence-electron chi connectivity index (χ0n) is 13.4. The molecule has 1 unspecified atom stereocenters. The van der Waals surface area contributed by atoms with Crippen molar-refractivity contribution in [2.24, 2.45) is 0 Å². The second kappa shape index (κ2) is 6.69. The van der Waals surface area contributed by atoms with Gasteiger partial charge in [0.15, 0.2) is 11.5 Å². The molecule has 6 nitrogen and oxygen atoms in total. The molecule has 0 saturated carbocycles. The van der Waals surface area contributed by atoms with Crippen molar-refractivity contribution in [3.63, 3.8) is 0 Å². The molecule has 0 radical (unpaired) electrons. The fourth-order valence-electron chi connectivity index (χ4n) is 2.37. The van der Waals surface area contributed by atoms with Crippen molar-refractivity contribution in [3.05, 3.63) is 48.0 Å². The smallest absolute Gasteiger partial charge is 0.454 e. The molecule has 1 heterocycles. The minimum atomic E-state index is -4.84. The molecule has 0 bridgehead atoms. The first kappa shape index (κ1) is 18.3. The van der Waals surface area contributed by atoms with Crippen LogP contribution in [-0.4, -0.2) is 21.6 Å². The predicted octanol–water partition coefficient (Wildman–Crippen LogP) is 3.35. The van der Waals surface area contributed by atoms with E-state index in [9.17, 15) is 21.6 Å². The Morgan fingerprint density at radius 1 is 1.08 bits per heavy atom. The number of rotatable bonds is 5. The zero-order chi connectivity index (χ0) is 18.9. The molecule has 1 N–H and O–H groups in total. The van der Waals surface area contributed by atoms with Crippen molar-refractivity contribution < 1.29 is 35.8 Å². The molecule has 0 spiro atoms. The number of benzene rings is 2. The quantitative estimate of drug-likeness (QED) is 0.849. The third-order valence-electron chi connectivity index (χ3n) is 3.60. The van der Waals surface area contributed by atoms with Crippen LogP contribution in [-0.2, 0) is 10.0 Å². The number of hydrogen-bond acceptors (Lipinski definition) is 5. The zero-order valence-corrected chi connectivity index (χ0v) is 14.2.